The van der Waals surface area contributed by atoms with Crippen molar-refractivity contribution in [1.82, 2.24) is 0 Å². The summed E-state index contributed by atoms with van der Waals surface area (Å²) >= 11 is 3.47. The monoisotopic (exact) mass is 358 g/mol. The number of aryl methyl sites for hydroxylation is 1. The highest BCUT2D eigenvalue weighted by molar-refractivity contribution is 9.09. The molecule has 0 aliphatic rings. The molecule has 0 aromatic heterocycles. The minimum atomic E-state index is -4.33. The summed E-state index contributed by atoms with van der Waals surface area (Å²) in [6.07, 6.45) is -4.33. The highest BCUT2D eigenvalue weighted by atomic mass is 79.9. The van der Waals surface area contributed by atoms with E-state index in [-0.39, 0.29) is 4.83 Å². The Morgan fingerprint density at radius 3 is 2.29 bits per heavy atom. The molecule has 112 valence electrons. The lowest BCUT2D eigenvalue weighted by Gasteiger charge is -2.15. The number of methoxy groups -OCH3 is 1. The minimum Gasteiger partial charge on any atom is -0.496 e. The Kier molecular flexibility index (Phi) is 4.61. The zero-order valence-corrected chi connectivity index (χ0v) is 13.1. The molecule has 0 amide bonds. The molecule has 0 aliphatic heterocycles. The van der Waals surface area contributed by atoms with Gasteiger partial charge in [-0.15, -0.1) is 0 Å². The standard InChI is InChI=1S/C16H14BrF3O/c1-10-8-12(6-7-14(10)21-2)15(17)11-4-3-5-13(9-11)16(18,19)20/h3-9,15H,1-2H3. The van der Waals surface area contributed by atoms with E-state index in [1.165, 1.54) is 12.1 Å². The van der Waals surface area contributed by atoms with Crippen molar-refractivity contribution < 1.29 is 17.9 Å². The molecule has 0 saturated heterocycles. The van der Waals surface area contributed by atoms with Crippen molar-refractivity contribution in [2.75, 3.05) is 7.11 Å². The minimum absolute atomic E-state index is 0.301. The third-order valence-corrected chi connectivity index (χ3v) is 4.28. The fourth-order valence-electron chi connectivity index (χ4n) is 2.12. The van der Waals surface area contributed by atoms with Crippen LogP contribution in [-0.2, 0) is 6.18 Å². The Morgan fingerprint density at radius 1 is 1.05 bits per heavy atom. The van der Waals surface area contributed by atoms with Crippen LogP contribution in [0.2, 0.25) is 0 Å². The summed E-state index contributed by atoms with van der Waals surface area (Å²) in [5, 5.41) is 0. The van der Waals surface area contributed by atoms with Crippen LogP contribution in [0.15, 0.2) is 42.5 Å². The Hall–Kier alpha value is -1.49. The van der Waals surface area contributed by atoms with Gasteiger partial charge in [0.25, 0.3) is 0 Å². The third kappa shape index (κ3) is 3.59. The first-order valence-corrected chi connectivity index (χ1v) is 7.20. The highest BCUT2D eigenvalue weighted by Gasteiger charge is 2.30. The predicted octanol–water partition coefficient (Wildman–Crippen LogP) is 5.51. The molecule has 1 nitrogen and oxygen atoms in total. The first-order chi connectivity index (χ1) is 9.82. The van der Waals surface area contributed by atoms with Crippen LogP contribution >= 0.6 is 15.9 Å². The average Bonchev–Trinajstić information content (AvgIpc) is 2.45. The first-order valence-electron chi connectivity index (χ1n) is 6.28. The van der Waals surface area contributed by atoms with Gasteiger partial charge >= 0.3 is 6.18 Å². The molecule has 2 aromatic carbocycles. The fraction of sp³-hybridized carbons (Fsp3) is 0.250. The van der Waals surface area contributed by atoms with Gasteiger partial charge in [0.1, 0.15) is 5.75 Å². The molecular weight excluding hydrogens is 345 g/mol. The van der Waals surface area contributed by atoms with Crippen LogP contribution in [0.1, 0.15) is 27.1 Å². The molecule has 2 aromatic rings. The second-order valence-electron chi connectivity index (χ2n) is 4.71. The zero-order chi connectivity index (χ0) is 15.6. The molecule has 0 radical (unpaired) electrons. The van der Waals surface area contributed by atoms with E-state index < -0.39 is 11.7 Å². The Labute approximate surface area is 129 Å². The topological polar surface area (TPSA) is 9.23 Å². The van der Waals surface area contributed by atoms with Gasteiger partial charge in [-0.25, -0.2) is 0 Å². The smallest absolute Gasteiger partial charge is 0.416 e. The van der Waals surface area contributed by atoms with Crippen LogP contribution in [0.5, 0.6) is 5.75 Å². The van der Waals surface area contributed by atoms with Crippen molar-refractivity contribution in [3.05, 3.63) is 64.7 Å². The number of hydrogen-bond donors (Lipinski definition) is 0. The van der Waals surface area contributed by atoms with Crippen molar-refractivity contribution in [2.45, 2.75) is 17.9 Å². The van der Waals surface area contributed by atoms with E-state index in [9.17, 15) is 13.2 Å². The van der Waals surface area contributed by atoms with Crippen molar-refractivity contribution >= 4 is 15.9 Å². The molecule has 5 heteroatoms. The Morgan fingerprint density at radius 2 is 1.71 bits per heavy atom. The van der Waals surface area contributed by atoms with Crippen LogP contribution in [0.25, 0.3) is 0 Å². The van der Waals surface area contributed by atoms with Crippen molar-refractivity contribution in [3.63, 3.8) is 0 Å². The van der Waals surface area contributed by atoms with Gasteiger partial charge in [-0.2, -0.15) is 13.2 Å². The molecule has 1 unspecified atom stereocenters. The van der Waals surface area contributed by atoms with E-state index in [1.807, 2.05) is 25.1 Å². The molecular formula is C16H14BrF3O. The van der Waals surface area contributed by atoms with Gasteiger partial charge in [-0.05, 0) is 35.7 Å². The Balaban J connectivity index is 2.36. The van der Waals surface area contributed by atoms with Crippen LogP contribution in [0, 0.1) is 6.92 Å². The highest BCUT2D eigenvalue weighted by Crippen LogP contribution is 2.36. The van der Waals surface area contributed by atoms with Crippen molar-refractivity contribution in [3.8, 4) is 5.75 Å². The number of benzene rings is 2. The molecule has 0 spiro atoms. The second-order valence-corrected chi connectivity index (χ2v) is 5.63. The number of ether oxygens (including phenoxy) is 1. The zero-order valence-electron chi connectivity index (χ0n) is 11.5. The van der Waals surface area contributed by atoms with Gasteiger partial charge in [0, 0.05) is 0 Å². The van der Waals surface area contributed by atoms with E-state index in [4.69, 9.17) is 4.74 Å². The van der Waals surface area contributed by atoms with Gasteiger partial charge < -0.3 is 4.74 Å². The molecule has 1 atom stereocenters. The number of alkyl halides is 4. The molecule has 0 heterocycles. The summed E-state index contributed by atoms with van der Waals surface area (Å²) < 4.78 is 43.5. The lowest BCUT2D eigenvalue weighted by molar-refractivity contribution is -0.137. The van der Waals surface area contributed by atoms with Crippen LogP contribution in [0.3, 0.4) is 0 Å². The van der Waals surface area contributed by atoms with E-state index >= 15 is 0 Å². The summed E-state index contributed by atoms with van der Waals surface area (Å²) in [6, 6.07) is 10.9. The molecule has 2 rings (SSSR count). The van der Waals surface area contributed by atoms with Crippen LogP contribution in [0.4, 0.5) is 13.2 Å². The summed E-state index contributed by atoms with van der Waals surface area (Å²) in [4.78, 5) is -0.301. The maximum absolute atomic E-state index is 12.8. The third-order valence-electron chi connectivity index (χ3n) is 3.22. The lowest BCUT2D eigenvalue weighted by atomic mass is 10.0. The van der Waals surface area contributed by atoms with Gasteiger partial charge in [0.05, 0.1) is 17.5 Å². The van der Waals surface area contributed by atoms with Crippen LogP contribution < -0.4 is 4.74 Å². The number of hydrogen-bond acceptors (Lipinski definition) is 1. The van der Waals surface area contributed by atoms with E-state index in [0.717, 1.165) is 22.9 Å². The first kappa shape index (κ1) is 15.9. The average molecular weight is 359 g/mol. The van der Waals surface area contributed by atoms with Crippen molar-refractivity contribution in [1.29, 1.82) is 0 Å². The molecule has 0 aliphatic carbocycles. The van der Waals surface area contributed by atoms with Gasteiger partial charge in [-0.3, -0.25) is 0 Å². The molecule has 0 bridgehead atoms. The van der Waals surface area contributed by atoms with Crippen molar-refractivity contribution in [2.24, 2.45) is 0 Å². The maximum atomic E-state index is 12.8. The number of rotatable bonds is 3. The summed E-state index contributed by atoms with van der Waals surface area (Å²) in [5.74, 6) is 0.752. The van der Waals surface area contributed by atoms with E-state index in [1.54, 1.807) is 13.2 Å². The Bertz CT molecular complexity index is 638. The second kappa shape index (κ2) is 6.10. The normalized spacial score (nSPS) is 13.0. The summed E-state index contributed by atoms with van der Waals surface area (Å²) in [7, 11) is 1.58. The van der Waals surface area contributed by atoms with Crippen LogP contribution in [-0.4, -0.2) is 7.11 Å². The number of halogens is 4. The van der Waals surface area contributed by atoms with E-state index in [2.05, 4.69) is 15.9 Å². The molecule has 0 fully saturated rings. The van der Waals surface area contributed by atoms with Gasteiger partial charge in [0.2, 0.25) is 0 Å². The fourth-order valence-corrected chi connectivity index (χ4v) is 2.69. The lowest BCUT2D eigenvalue weighted by Crippen LogP contribution is -2.06. The largest absolute Gasteiger partial charge is 0.496 e. The predicted molar refractivity (Wildman–Crippen MR) is 79.9 cm³/mol. The molecule has 21 heavy (non-hydrogen) atoms. The van der Waals surface area contributed by atoms with Gasteiger partial charge in [-0.1, -0.05) is 46.3 Å². The molecule has 0 N–H and O–H groups in total. The SMILES string of the molecule is COc1ccc(C(Br)c2cccc(C(F)(F)F)c2)cc1C. The maximum Gasteiger partial charge on any atom is 0.416 e. The summed E-state index contributed by atoms with van der Waals surface area (Å²) in [5.41, 5.74) is 1.74. The van der Waals surface area contributed by atoms with E-state index in [0.29, 0.717) is 5.56 Å². The summed E-state index contributed by atoms with van der Waals surface area (Å²) in [6.45, 7) is 1.90. The quantitative estimate of drug-likeness (QED) is 0.657. The molecule has 0 saturated carbocycles. The van der Waals surface area contributed by atoms with Gasteiger partial charge in [0.15, 0.2) is 0 Å².